The predicted octanol–water partition coefficient (Wildman–Crippen LogP) is 1.76. The molecule has 0 unspecified atom stereocenters. The number of carbonyl (C=O) groups is 3. The van der Waals surface area contributed by atoms with Crippen LogP contribution in [0, 0.1) is 23.7 Å². The molecule has 1 aromatic carbocycles. The van der Waals surface area contributed by atoms with Gasteiger partial charge in [-0.2, -0.15) is 0 Å². The predicted molar refractivity (Wildman–Crippen MR) is 90.3 cm³/mol. The number of hydrogen-bond acceptors (Lipinski definition) is 6. The fourth-order valence-corrected chi connectivity index (χ4v) is 4.60. The van der Waals surface area contributed by atoms with Gasteiger partial charge in [0.05, 0.1) is 24.1 Å². The van der Waals surface area contributed by atoms with Gasteiger partial charge in [-0.1, -0.05) is 12.1 Å². The second-order valence-electron chi connectivity index (χ2n) is 7.01. The number of anilines is 1. The summed E-state index contributed by atoms with van der Waals surface area (Å²) in [4.78, 5) is 36.6. The van der Waals surface area contributed by atoms with Crippen molar-refractivity contribution in [1.29, 1.82) is 0 Å². The second-order valence-corrected chi connectivity index (χ2v) is 7.01. The van der Waals surface area contributed by atoms with Gasteiger partial charge < -0.3 is 19.5 Å². The Morgan fingerprint density at radius 2 is 2.08 bits per heavy atom. The van der Waals surface area contributed by atoms with E-state index in [1.165, 1.54) is 0 Å². The Hall–Kier alpha value is -2.57. The van der Waals surface area contributed by atoms with Crippen molar-refractivity contribution in [2.75, 3.05) is 18.5 Å². The maximum absolute atomic E-state index is 12.5. The molecule has 1 N–H and O–H groups in total. The Morgan fingerprint density at radius 3 is 2.88 bits per heavy atom. The SMILES string of the molecule is CCOc1ccccc1NC(=O)COC(=O)[C@@H]1[C@H]2C[C@@H]3[C@@H]1C(=O)O[C@@H]3C2. The average Bonchev–Trinajstić information content (AvgIpc) is 3.24. The zero-order valence-corrected chi connectivity index (χ0v) is 14.5. The summed E-state index contributed by atoms with van der Waals surface area (Å²) in [5.74, 6) is -1.27. The molecule has 26 heavy (non-hydrogen) atoms. The van der Waals surface area contributed by atoms with Gasteiger partial charge in [0.2, 0.25) is 0 Å². The van der Waals surface area contributed by atoms with Crippen LogP contribution in [0.1, 0.15) is 19.8 Å². The molecule has 7 nitrogen and oxygen atoms in total. The molecule has 1 aliphatic heterocycles. The van der Waals surface area contributed by atoms with E-state index in [-0.39, 0.29) is 23.9 Å². The second kappa shape index (κ2) is 6.63. The molecule has 0 spiro atoms. The lowest BCUT2D eigenvalue weighted by Gasteiger charge is -2.22. The third-order valence-corrected chi connectivity index (χ3v) is 5.56. The molecule has 2 aliphatic carbocycles. The number of esters is 2. The molecule has 1 aromatic rings. The summed E-state index contributed by atoms with van der Waals surface area (Å²) < 4.78 is 16.0. The Labute approximate surface area is 151 Å². The first-order valence-corrected chi connectivity index (χ1v) is 8.97. The highest BCUT2D eigenvalue weighted by Gasteiger charge is 2.64. The molecular weight excluding hydrogens is 338 g/mol. The standard InChI is InChI=1S/C19H21NO6/c1-2-24-13-6-4-3-5-12(13)20-15(21)9-25-18(22)16-10-7-11-14(8-10)26-19(23)17(11)16/h3-6,10-11,14,16-17H,2,7-9H2,1H3,(H,20,21)/t10-,11-,14+,16+,17-/m0/s1. The van der Waals surface area contributed by atoms with E-state index >= 15 is 0 Å². The van der Waals surface area contributed by atoms with Crippen molar-refractivity contribution in [3.63, 3.8) is 0 Å². The molecule has 7 heteroatoms. The summed E-state index contributed by atoms with van der Waals surface area (Å²) >= 11 is 0. The van der Waals surface area contributed by atoms with E-state index in [0.717, 1.165) is 12.8 Å². The summed E-state index contributed by atoms with van der Waals surface area (Å²) in [5, 5.41) is 2.68. The van der Waals surface area contributed by atoms with E-state index in [9.17, 15) is 14.4 Å². The first kappa shape index (κ1) is 16.9. The Morgan fingerprint density at radius 1 is 1.27 bits per heavy atom. The van der Waals surface area contributed by atoms with E-state index in [1.54, 1.807) is 18.2 Å². The van der Waals surface area contributed by atoms with Gasteiger partial charge in [0.15, 0.2) is 6.61 Å². The summed E-state index contributed by atoms with van der Waals surface area (Å²) in [5.41, 5.74) is 0.525. The molecule has 1 heterocycles. The number of ether oxygens (including phenoxy) is 3. The first-order valence-electron chi connectivity index (χ1n) is 8.97. The highest BCUT2D eigenvalue weighted by molar-refractivity contribution is 5.94. The highest BCUT2D eigenvalue weighted by atomic mass is 16.6. The molecule has 0 radical (unpaired) electrons. The summed E-state index contributed by atoms with van der Waals surface area (Å²) in [6.07, 6.45) is 1.52. The molecule has 138 valence electrons. The van der Waals surface area contributed by atoms with Crippen LogP contribution in [0.25, 0.3) is 0 Å². The maximum Gasteiger partial charge on any atom is 0.310 e. The fourth-order valence-electron chi connectivity index (χ4n) is 4.60. The van der Waals surface area contributed by atoms with Crippen LogP contribution in [0.4, 0.5) is 5.69 Å². The fraction of sp³-hybridized carbons (Fsp3) is 0.526. The van der Waals surface area contributed by atoms with Crippen molar-refractivity contribution in [3.05, 3.63) is 24.3 Å². The van der Waals surface area contributed by atoms with Gasteiger partial charge in [-0.05, 0) is 37.8 Å². The van der Waals surface area contributed by atoms with E-state index < -0.39 is 30.3 Å². The van der Waals surface area contributed by atoms with Crippen molar-refractivity contribution < 1.29 is 28.6 Å². The van der Waals surface area contributed by atoms with Gasteiger partial charge in [-0.3, -0.25) is 14.4 Å². The minimum absolute atomic E-state index is 0.0279. The van der Waals surface area contributed by atoms with Crippen molar-refractivity contribution in [2.45, 2.75) is 25.9 Å². The maximum atomic E-state index is 12.5. The minimum atomic E-state index is -0.479. The molecule has 0 aromatic heterocycles. The molecule has 2 saturated carbocycles. The summed E-state index contributed by atoms with van der Waals surface area (Å²) in [6.45, 7) is 1.94. The minimum Gasteiger partial charge on any atom is -0.492 e. The number of para-hydroxylation sites is 2. The quantitative estimate of drug-likeness (QED) is 0.779. The monoisotopic (exact) mass is 359 g/mol. The Balaban J connectivity index is 1.34. The van der Waals surface area contributed by atoms with Crippen LogP contribution in [0.5, 0.6) is 5.75 Å². The van der Waals surface area contributed by atoms with Gasteiger partial charge in [-0.15, -0.1) is 0 Å². The normalized spacial score (nSPS) is 30.8. The van der Waals surface area contributed by atoms with Crippen molar-refractivity contribution in [1.82, 2.24) is 0 Å². The van der Waals surface area contributed by atoms with Crippen LogP contribution < -0.4 is 10.1 Å². The zero-order valence-electron chi connectivity index (χ0n) is 14.5. The number of amides is 1. The molecule has 1 amide bonds. The number of hydrogen-bond donors (Lipinski definition) is 1. The van der Waals surface area contributed by atoms with Crippen LogP contribution >= 0.6 is 0 Å². The van der Waals surface area contributed by atoms with Crippen molar-refractivity contribution in [3.8, 4) is 5.75 Å². The lowest BCUT2D eigenvalue weighted by Crippen LogP contribution is -2.35. The van der Waals surface area contributed by atoms with Crippen LogP contribution in [0.15, 0.2) is 24.3 Å². The van der Waals surface area contributed by atoms with Gasteiger partial charge in [0.1, 0.15) is 11.9 Å². The van der Waals surface area contributed by atoms with Gasteiger partial charge >= 0.3 is 11.9 Å². The number of nitrogens with one attached hydrogen (secondary N) is 1. The smallest absolute Gasteiger partial charge is 0.310 e. The summed E-state index contributed by atoms with van der Waals surface area (Å²) in [6, 6.07) is 7.06. The van der Waals surface area contributed by atoms with E-state index in [2.05, 4.69) is 5.32 Å². The van der Waals surface area contributed by atoms with Gasteiger partial charge in [0, 0.05) is 5.92 Å². The number of fused-ring (bicyclic) bond motifs is 1. The third kappa shape index (κ3) is 2.81. The van der Waals surface area contributed by atoms with Gasteiger partial charge in [-0.25, -0.2) is 0 Å². The number of rotatable bonds is 6. The van der Waals surface area contributed by atoms with Crippen LogP contribution in [-0.2, 0) is 23.9 Å². The summed E-state index contributed by atoms with van der Waals surface area (Å²) in [7, 11) is 0. The molecule has 3 fully saturated rings. The molecular formula is C19H21NO6. The molecule has 1 saturated heterocycles. The van der Waals surface area contributed by atoms with E-state index in [4.69, 9.17) is 14.2 Å². The molecule has 4 rings (SSSR count). The van der Waals surface area contributed by atoms with E-state index in [0.29, 0.717) is 18.0 Å². The molecule has 3 aliphatic rings. The number of benzene rings is 1. The Kier molecular flexibility index (Phi) is 4.30. The van der Waals surface area contributed by atoms with Gasteiger partial charge in [0.25, 0.3) is 5.91 Å². The first-order chi connectivity index (χ1) is 12.6. The lowest BCUT2D eigenvalue weighted by atomic mass is 9.80. The van der Waals surface area contributed by atoms with Crippen LogP contribution in [-0.4, -0.2) is 37.2 Å². The van der Waals surface area contributed by atoms with Crippen molar-refractivity contribution in [2.24, 2.45) is 23.7 Å². The Bertz CT molecular complexity index is 745. The lowest BCUT2D eigenvalue weighted by molar-refractivity contribution is -0.157. The van der Waals surface area contributed by atoms with Crippen LogP contribution in [0.2, 0.25) is 0 Å². The highest BCUT2D eigenvalue weighted by Crippen LogP contribution is 2.57. The van der Waals surface area contributed by atoms with Crippen LogP contribution in [0.3, 0.4) is 0 Å². The largest absolute Gasteiger partial charge is 0.492 e. The van der Waals surface area contributed by atoms with E-state index in [1.807, 2.05) is 13.0 Å². The molecule has 2 bridgehead atoms. The third-order valence-electron chi connectivity index (χ3n) is 5.56. The number of carbonyl (C=O) groups excluding carboxylic acids is 3. The van der Waals surface area contributed by atoms with Crippen molar-refractivity contribution >= 4 is 23.5 Å². The zero-order chi connectivity index (χ0) is 18.3. The molecule has 5 atom stereocenters. The topological polar surface area (TPSA) is 90.9 Å². The average molecular weight is 359 g/mol.